The molecule has 2 heterocycles. The van der Waals surface area contributed by atoms with Crippen LogP contribution in [-0.4, -0.2) is 28.9 Å². The zero-order chi connectivity index (χ0) is 15.2. The molecular weight excluding hydrogens is 278 g/mol. The molecule has 20 heavy (non-hydrogen) atoms. The van der Waals surface area contributed by atoms with Crippen LogP contribution >= 0.6 is 11.6 Å². The second-order valence-corrected chi connectivity index (χ2v) is 5.43. The zero-order valence-electron chi connectivity index (χ0n) is 12.1. The van der Waals surface area contributed by atoms with Gasteiger partial charge in [-0.2, -0.15) is 0 Å². The Labute approximate surface area is 122 Å². The number of nitrogens with zero attached hydrogens (tertiary/aromatic N) is 3. The predicted octanol–water partition coefficient (Wildman–Crippen LogP) is 3.04. The Morgan fingerprint density at radius 2 is 1.85 bits per heavy atom. The first kappa shape index (κ1) is 14.5. The van der Waals surface area contributed by atoms with Gasteiger partial charge < -0.3 is 0 Å². The number of hydrogen-bond acceptors (Lipinski definition) is 3. The van der Waals surface area contributed by atoms with Crippen LogP contribution in [0.3, 0.4) is 0 Å². The van der Waals surface area contributed by atoms with Gasteiger partial charge in [-0.3, -0.25) is 9.69 Å². The summed E-state index contributed by atoms with van der Waals surface area (Å²) in [6.07, 6.45) is 0. The Kier molecular flexibility index (Phi) is 3.56. The van der Waals surface area contributed by atoms with Crippen LogP contribution in [0.2, 0.25) is 5.02 Å². The van der Waals surface area contributed by atoms with Crippen LogP contribution in [0.4, 0.5) is 10.6 Å². The summed E-state index contributed by atoms with van der Waals surface area (Å²) >= 11 is 6.00. The van der Waals surface area contributed by atoms with Gasteiger partial charge in [0.1, 0.15) is 11.5 Å². The topological polar surface area (TPSA) is 53.5 Å². The average Bonchev–Trinajstić information content (AvgIpc) is 2.56. The van der Waals surface area contributed by atoms with Crippen molar-refractivity contribution in [1.29, 1.82) is 0 Å². The van der Waals surface area contributed by atoms with Crippen molar-refractivity contribution in [3.63, 3.8) is 0 Å². The highest BCUT2D eigenvalue weighted by molar-refractivity contribution is 6.31. The summed E-state index contributed by atoms with van der Waals surface area (Å²) in [7, 11) is 1.58. The molecule has 1 fully saturated rings. The van der Waals surface area contributed by atoms with Gasteiger partial charge in [0.05, 0.1) is 10.7 Å². The quantitative estimate of drug-likeness (QED) is 0.591. The molecule has 0 aromatic carbocycles. The summed E-state index contributed by atoms with van der Waals surface area (Å²) in [5.74, 6) is -0.0141. The molecule has 106 valence electrons. The van der Waals surface area contributed by atoms with Gasteiger partial charge in [0.25, 0.3) is 5.91 Å². The lowest BCUT2D eigenvalue weighted by atomic mass is 10.2. The number of rotatable bonds is 1. The van der Waals surface area contributed by atoms with Gasteiger partial charge in [-0.25, -0.2) is 14.7 Å². The van der Waals surface area contributed by atoms with Crippen LogP contribution in [0.1, 0.15) is 25.1 Å². The van der Waals surface area contributed by atoms with E-state index in [4.69, 9.17) is 11.6 Å². The van der Waals surface area contributed by atoms with Gasteiger partial charge in [-0.1, -0.05) is 11.6 Å². The third kappa shape index (κ3) is 2.08. The molecule has 0 radical (unpaired) electrons. The largest absolute Gasteiger partial charge is 0.337 e. The molecule has 0 aliphatic carbocycles. The number of carbonyl (C=O) groups is 2. The monoisotopic (exact) mass is 293 g/mol. The number of carbonyl (C=O) groups excluding carboxylic acids is 2. The minimum absolute atomic E-state index is 0.338. The number of allylic oxidation sites excluding steroid dienone is 1. The number of aromatic nitrogens is 1. The summed E-state index contributed by atoms with van der Waals surface area (Å²) in [4.78, 5) is 31.5. The fourth-order valence-corrected chi connectivity index (χ4v) is 2.41. The van der Waals surface area contributed by atoms with E-state index in [0.29, 0.717) is 27.8 Å². The Hall–Kier alpha value is -1.88. The molecule has 0 N–H and O–H groups in total. The third-order valence-electron chi connectivity index (χ3n) is 3.22. The number of anilines is 1. The van der Waals surface area contributed by atoms with E-state index in [1.54, 1.807) is 40.8 Å². The van der Waals surface area contributed by atoms with E-state index in [1.165, 1.54) is 4.90 Å². The van der Waals surface area contributed by atoms with E-state index >= 15 is 0 Å². The highest BCUT2D eigenvalue weighted by Gasteiger charge is 2.41. The molecule has 5 nitrogen and oxygen atoms in total. The van der Waals surface area contributed by atoms with E-state index in [-0.39, 0.29) is 5.91 Å². The van der Waals surface area contributed by atoms with Crippen LogP contribution in [0.5, 0.6) is 0 Å². The standard InChI is InChI=1S/C14H16ClN3O2/c1-7(2)11-13(19)18(14(20)17(11)5)12-8(3)6-10(15)9(4)16-12/h6H,1-5H3. The van der Waals surface area contributed by atoms with Crippen molar-refractivity contribution in [1.82, 2.24) is 9.88 Å². The molecule has 1 aliphatic heterocycles. The smallest absolute Gasteiger partial charge is 0.292 e. The fourth-order valence-electron chi connectivity index (χ4n) is 2.20. The van der Waals surface area contributed by atoms with E-state index in [9.17, 15) is 9.59 Å². The number of aryl methyl sites for hydroxylation is 2. The first-order chi connectivity index (χ1) is 9.25. The average molecular weight is 294 g/mol. The third-order valence-corrected chi connectivity index (χ3v) is 3.60. The van der Waals surface area contributed by atoms with Crippen molar-refractivity contribution in [3.05, 3.63) is 33.6 Å². The highest BCUT2D eigenvalue weighted by Crippen LogP contribution is 2.30. The maximum atomic E-state index is 12.4. The molecule has 1 aromatic heterocycles. The van der Waals surface area contributed by atoms with Crippen molar-refractivity contribution < 1.29 is 9.59 Å². The molecule has 1 saturated heterocycles. The lowest BCUT2D eigenvalue weighted by molar-refractivity contribution is -0.114. The lowest BCUT2D eigenvalue weighted by Gasteiger charge is -2.15. The fraction of sp³-hybridized carbons (Fsp3) is 0.357. The van der Waals surface area contributed by atoms with Gasteiger partial charge >= 0.3 is 6.03 Å². The van der Waals surface area contributed by atoms with Gasteiger partial charge in [-0.15, -0.1) is 0 Å². The number of amides is 3. The van der Waals surface area contributed by atoms with Crippen LogP contribution in [0.15, 0.2) is 17.3 Å². The van der Waals surface area contributed by atoms with Gasteiger partial charge in [0, 0.05) is 7.05 Å². The number of likely N-dealkylation sites (N-methyl/N-ethyl adjacent to an activating group) is 1. The first-order valence-corrected chi connectivity index (χ1v) is 6.57. The molecule has 0 atom stereocenters. The van der Waals surface area contributed by atoms with Crippen molar-refractivity contribution in [2.45, 2.75) is 27.7 Å². The lowest BCUT2D eigenvalue weighted by Crippen LogP contribution is -2.32. The first-order valence-electron chi connectivity index (χ1n) is 6.19. The van der Waals surface area contributed by atoms with E-state index in [0.717, 1.165) is 10.5 Å². The Morgan fingerprint density at radius 1 is 1.25 bits per heavy atom. The summed E-state index contributed by atoms with van der Waals surface area (Å²) in [5.41, 5.74) is 2.45. The summed E-state index contributed by atoms with van der Waals surface area (Å²) in [5, 5.41) is 0.515. The number of pyridine rings is 1. The van der Waals surface area contributed by atoms with Crippen LogP contribution in [0.25, 0.3) is 0 Å². The molecule has 2 rings (SSSR count). The Morgan fingerprint density at radius 3 is 2.35 bits per heavy atom. The van der Waals surface area contributed by atoms with Crippen LogP contribution in [0, 0.1) is 13.8 Å². The number of imide groups is 1. The van der Waals surface area contributed by atoms with Crippen molar-refractivity contribution in [3.8, 4) is 0 Å². The summed E-state index contributed by atoms with van der Waals surface area (Å²) in [6.45, 7) is 7.11. The molecule has 1 aliphatic rings. The second kappa shape index (κ2) is 4.90. The van der Waals surface area contributed by atoms with E-state index in [2.05, 4.69) is 4.98 Å². The summed E-state index contributed by atoms with van der Waals surface area (Å²) in [6, 6.07) is 1.31. The molecule has 0 saturated carbocycles. The molecule has 3 amide bonds. The van der Waals surface area contributed by atoms with Crippen LogP contribution in [-0.2, 0) is 4.79 Å². The molecule has 1 aromatic rings. The van der Waals surface area contributed by atoms with Crippen LogP contribution < -0.4 is 4.90 Å². The van der Waals surface area contributed by atoms with Crippen molar-refractivity contribution >= 4 is 29.4 Å². The molecular formula is C14H16ClN3O2. The van der Waals surface area contributed by atoms with Gasteiger partial charge in [0.15, 0.2) is 0 Å². The van der Waals surface area contributed by atoms with E-state index < -0.39 is 6.03 Å². The Balaban J connectivity index is 2.60. The molecule has 0 unspecified atom stereocenters. The number of hydrogen-bond donors (Lipinski definition) is 0. The van der Waals surface area contributed by atoms with Gasteiger partial charge in [-0.05, 0) is 44.9 Å². The maximum Gasteiger partial charge on any atom is 0.337 e. The minimum Gasteiger partial charge on any atom is -0.292 e. The summed E-state index contributed by atoms with van der Waals surface area (Å²) < 4.78 is 0. The SMILES string of the molecule is CC(C)=C1C(=O)N(c2nc(C)c(Cl)cc2C)C(=O)N1C. The van der Waals surface area contributed by atoms with Crippen molar-refractivity contribution in [2.75, 3.05) is 11.9 Å². The second-order valence-electron chi connectivity index (χ2n) is 5.03. The zero-order valence-corrected chi connectivity index (χ0v) is 12.9. The normalized spacial score (nSPS) is 15.4. The molecule has 0 bridgehead atoms. The van der Waals surface area contributed by atoms with Gasteiger partial charge in [0.2, 0.25) is 0 Å². The molecule has 6 heteroatoms. The highest BCUT2D eigenvalue weighted by atomic mass is 35.5. The predicted molar refractivity (Wildman–Crippen MR) is 77.7 cm³/mol. The number of urea groups is 1. The molecule has 0 spiro atoms. The maximum absolute atomic E-state index is 12.4. The van der Waals surface area contributed by atoms with E-state index in [1.807, 2.05) is 0 Å². The Bertz CT molecular complexity index is 648. The minimum atomic E-state index is -0.400. The van der Waals surface area contributed by atoms with Crippen molar-refractivity contribution in [2.24, 2.45) is 0 Å². The number of halogens is 1.